The normalized spacial score (nSPS) is 12.3. The Balaban J connectivity index is 1.60. The molecular weight excluding hydrogens is 510 g/mol. The van der Waals surface area contributed by atoms with Gasteiger partial charge in [0.1, 0.15) is 12.2 Å². The summed E-state index contributed by atoms with van der Waals surface area (Å²) in [7, 11) is 0. The SMILES string of the molecule is CCCCOONc1nc(-c2ccn3c(C/C=C\C=C(/C)NC(=O)NCC(F)(F)F)cnc3c2)ncc1F. The zero-order valence-corrected chi connectivity index (χ0v) is 20.7. The molecule has 3 heterocycles. The molecule has 0 aromatic carbocycles. The van der Waals surface area contributed by atoms with E-state index < -0.39 is 24.6 Å². The van der Waals surface area contributed by atoms with Gasteiger partial charge in [-0.2, -0.15) is 13.2 Å². The molecule has 0 aliphatic rings. The van der Waals surface area contributed by atoms with Crippen LogP contribution in [0.2, 0.25) is 0 Å². The summed E-state index contributed by atoms with van der Waals surface area (Å²) >= 11 is 0. The van der Waals surface area contributed by atoms with E-state index in [1.807, 2.05) is 11.3 Å². The van der Waals surface area contributed by atoms with Crippen LogP contribution in [0.5, 0.6) is 0 Å². The summed E-state index contributed by atoms with van der Waals surface area (Å²) in [4.78, 5) is 33.7. The largest absolute Gasteiger partial charge is 0.405 e. The van der Waals surface area contributed by atoms with E-state index in [0.717, 1.165) is 24.7 Å². The summed E-state index contributed by atoms with van der Waals surface area (Å²) < 4.78 is 52.3. The van der Waals surface area contributed by atoms with Gasteiger partial charge < -0.3 is 15.0 Å². The highest BCUT2D eigenvalue weighted by atomic mass is 19.4. The molecule has 3 rings (SSSR count). The maximum Gasteiger partial charge on any atom is 0.405 e. The summed E-state index contributed by atoms with van der Waals surface area (Å²) in [6.45, 7) is 2.50. The number of amides is 2. The number of nitrogens with one attached hydrogen (secondary N) is 3. The fourth-order valence-electron chi connectivity index (χ4n) is 3.06. The fourth-order valence-corrected chi connectivity index (χ4v) is 3.06. The van der Waals surface area contributed by atoms with E-state index in [1.165, 1.54) is 0 Å². The summed E-state index contributed by atoms with van der Waals surface area (Å²) in [5, 5.41) is 4.04. The number of allylic oxidation sites excluding steroid dienone is 4. The lowest BCUT2D eigenvalue weighted by Crippen LogP contribution is -2.40. The molecule has 0 fully saturated rings. The second-order valence-electron chi connectivity index (χ2n) is 8.05. The zero-order chi connectivity index (χ0) is 27.5. The number of alkyl halides is 3. The number of nitrogens with zero attached hydrogens (tertiary/aromatic N) is 4. The Morgan fingerprint density at radius 1 is 1.24 bits per heavy atom. The van der Waals surface area contributed by atoms with Crippen molar-refractivity contribution in [1.82, 2.24) is 30.0 Å². The highest BCUT2D eigenvalue weighted by molar-refractivity contribution is 5.75. The number of carbonyl (C=O) groups is 1. The van der Waals surface area contributed by atoms with Crippen molar-refractivity contribution in [2.75, 3.05) is 18.6 Å². The zero-order valence-electron chi connectivity index (χ0n) is 20.7. The molecule has 0 atom stereocenters. The Bertz CT molecular complexity index is 1290. The maximum absolute atomic E-state index is 14.0. The first-order valence-electron chi connectivity index (χ1n) is 11.6. The number of anilines is 1. The molecule has 3 N–H and O–H groups in total. The van der Waals surface area contributed by atoms with Crippen LogP contribution in [-0.2, 0) is 16.3 Å². The van der Waals surface area contributed by atoms with Gasteiger partial charge in [0, 0.05) is 35.8 Å². The second kappa shape index (κ2) is 13.5. The third-order valence-electron chi connectivity index (χ3n) is 4.94. The minimum atomic E-state index is -4.48. The van der Waals surface area contributed by atoms with Crippen molar-refractivity contribution in [3.63, 3.8) is 0 Å². The van der Waals surface area contributed by atoms with E-state index >= 15 is 0 Å². The van der Waals surface area contributed by atoms with Crippen molar-refractivity contribution in [2.45, 2.75) is 39.3 Å². The molecular formula is C24H27F4N7O3. The first-order valence-corrected chi connectivity index (χ1v) is 11.6. The minimum absolute atomic E-state index is 0.170. The Morgan fingerprint density at radius 3 is 2.82 bits per heavy atom. The van der Waals surface area contributed by atoms with Crippen LogP contribution in [0.4, 0.5) is 28.2 Å². The third kappa shape index (κ3) is 8.81. The molecule has 0 radical (unpaired) electrons. The molecule has 3 aromatic heterocycles. The standard InChI is InChI=1S/C24H27F4N7O3/c1-3-4-11-37-38-34-22-19(25)14-30-21(33-22)17-9-10-35-18(13-29-20(35)12-17)8-6-5-7-16(2)32-23(36)31-15-24(26,27)28/h5-7,9-10,12-14H,3-4,8,11,15H2,1-2H3,(H,30,33,34)(H2,31,32,36)/b6-5-,16-7+. The first kappa shape index (κ1) is 28.5. The van der Waals surface area contributed by atoms with Gasteiger partial charge in [-0.05, 0) is 31.6 Å². The monoisotopic (exact) mass is 537 g/mol. The third-order valence-corrected chi connectivity index (χ3v) is 4.94. The highest BCUT2D eigenvalue weighted by Crippen LogP contribution is 2.21. The second-order valence-corrected chi connectivity index (χ2v) is 8.05. The van der Waals surface area contributed by atoms with Gasteiger partial charge in [-0.3, -0.25) is 0 Å². The Labute approximate surface area is 215 Å². The van der Waals surface area contributed by atoms with Crippen LogP contribution in [0, 0.1) is 5.82 Å². The van der Waals surface area contributed by atoms with Crippen LogP contribution in [0.15, 0.2) is 54.6 Å². The van der Waals surface area contributed by atoms with Gasteiger partial charge in [0.2, 0.25) is 0 Å². The predicted octanol–water partition coefficient (Wildman–Crippen LogP) is 4.87. The number of hydrogen-bond acceptors (Lipinski definition) is 7. The van der Waals surface area contributed by atoms with Crippen LogP contribution in [0.25, 0.3) is 17.0 Å². The lowest BCUT2D eigenvalue weighted by atomic mass is 10.2. The molecule has 0 spiro atoms. The number of imidazole rings is 1. The molecule has 2 amide bonds. The van der Waals surface area contributed by atoms with Gasteiger partial charge in [-0.25, -0.2) is 34.5 Å². The van der Waals surface area contributed by atoms with E-state index in [-0.39, 0.29) is 11.6 Å². The van der Waals surface area contributed by atoms with E-state index in [1.54, 1.807) is 55.0 Å². The number of hydrogen-bond donors (Lipinski definition) is 3. The maximum atomic E-state index is 14.0. The summed E-state index contributed by atoms with van der Waals surface area (Å²) in [6.07, 6.45) is 7.25. The van der Waals surface area contributed by atoms with Crippen molar-refractivity contribution in [3.05, 3.63) is 66.2 Å². The van der Waals surface area contributed by atoms with Crippen LogP contribution in [0.3, 0.4) is 0 Å². The molecule has 0 saturated heterocycles. The topological polar surface area (TPSA) is 115 Å². The van der Waals surface area contributed by atoms with Crippen LogP contribution in [-0.4, -0.2) is 44.7 Å². The van der Waals surface area contributed by atoms with Crippen molar-refractivity contribution in [3.8, 4) is 11.4 Å². The Hall–Kier alpha value is -4.04. The first-order chi connectivity index (χ1) is 18.2. The Kier molecular flexibility index (Phi) is 10.1. The van der Waals surface area contributed by atoms with E-state index in [2.05, 4.69) is 25.7 Å². The van der Waals surface area contributed by atoms with Crippen LogP contribution < -0.4 is 16.1 Å². The number of aromatic nitrogens is 4. The number of rotatable bonds is 12. The average molecular weight is 538 g/mol. The molecule has 38 heavy (non-hydrogen) atoms. The van der Waals surface area contributed by atoms with Gasteiger partial charge in [-0.15, -0.1) is 4.99 Å². The van der Waals surface area contributed by atoms with Gasteiger partial charge in [-0.1, -0.05) is 25.5 Å². The van der Waals surface area contributed by atoms with Crippen molar-refractivity contribution in [1.29, 1.82) is 0 Å². The van der Waals surface area contributed by atoms with Gasteiger partial charge >= 0.3 is 12.2 Å². The highest BCUT2D eigenvalue weighted by Gasteiger charge is 2.27. The van der Waals surface area contributed by atoms with Crippen molar-refractivity contribution >= 4 is 17.5 Å². The molecule has 204 valence electrons. The molecule has 0 unspecified atom stereocenters. The number of pyridine rings is 1. The minimum Gasteiger partial charge on any atom is -0.329 e. The molecule has 0 bridgehead atoms. The molecule has 10 nitrogen and oxygen atoms in total. The van der Waals surface area contributed by atoms with Crippen molar-refractivity contribution in [2.24, 2.45) is 0 Å². The molecule has 0 aliphatic carbocycles. The number of carbonyl (C=O) groups excluding carboxylic acids is 1. The predicted molar refractivity (Wildman–Crippen MR) is 131 cm³/mol. The van der Waals surface area contributed by atoms with Crippen LogP contribution in [0.1, 0.15) is 32.4 Å². The van der Waals surface area contributed by atoms with E-state index in [0.29, 0.717) is 29.9 Å². The lowest BCUT2D eigenvalue weighted by molar-refractivity contribution is -0.273. The smallest absolute Gasteiger partial charge is 0.329 e. The van der Waals surface area contributed by atoms with Gasteiger partial charge in [0.15, 0.2) is 17.5 Å². The molecule has 0 saturated carbocycles. The van der Waals surface area contributed by atoms with Crippen molar-refractivity contribution < 1.29 is 32.2 Å². The van der Waals surface area contributed by atoms with Gasteiger partial charge in [0.05, 0.1) is 12.8 Å². The lowest BCUT2D eigenvalue weighted by Gasteiger charge is -2.09. The van der Waals surface area contributed by atoms with Crippen LogP contribution >= 0.6 is 0 Å². The number of unbranched alkanes of at least 4 members (excludes halogenated alkanes) is 1. The molecule has 14 heteroatoms. The molecule has 0 aliphatic heterocycles. The van der Waals surface area contributed by atoms with E-state index in [4.69, 9.17) is 9.88 Å². The summed E-state index contributed by atoms with van der Waals surface area (Å²) in [5.74, 6) is -0.619. The molecule has 3 aromatic rings. The fraction of sp³-hybridized carbons (Fsp3) is 0.333. The number of urea groups is 1. The quantitative estimate of drug-likeness (QED) is 0.0993. The summed E-state index contributed by atoms with van der Waals surface area (Å²) in [6, 6.07) is 2.56. The Morgan fingerprint density at radius 2 is 2.05 bits per heavy atom. The average Bonchev–Trinajstić information content (AvgIpc) is 3.28. The number of halogens is 4. The van der Waals surface area contributed by atoms with Gasteiger partial charge in [0.25, 0.3) is 0 Å². The summed E-state index contributed by atoms with van der Waals surface area (Å²) in [5.41, 5.74) is 4.77. The van der Waals surface area contributed by atoms with E-state index in [9.17, 15) is 22.4 Å². The number of fused-ring (bicyclic) bond motifs is 1.